The zero-order valence-corrected chi connectivity index (χ0v) is 20.7. The Morgan fingerprint density at radius 1 is 1.03 bits per heavy atom. The SMILES string of the molecule is O.O.O.O.O.O.O.O=c1ccn([C@@H]2O[C@H](COP(=O)([O-])[O-])[C@@H](O)[C@H]2O)c(=O)[nH]1.[Na+].[Na+]. The minimum atomic E-state index is -5.26. The number of aliphatic hydroxyl groups is 2. The molecule has 18 nitrogen and oxygen atoms in total. The fourth-order valence-electron chi connectivity index (χ4n) is 1.89. The first-order valence-corrected chi connectivity index (χ1v) is 7.15. The summed E-state index contributed by atoms with van der Waals surface area (Å²) in [5.41, 5.74) is -1.55. The molecule has 0 radical (unpaired) electrons. The number of hydrogen-bond donors (Lipinski definition) is 3. The number of ether oxygens (including phenoxy) is 1. The van der Waals surface area contributed by atoms with Gasteiger partial charge in [-0.1, -0.05) is 0 Å². The first kappa shape index (κ1) is 52.4. The van der Waals surface area contributed by atoms with Gasteiger partial charge in [0, 0.05) is 12.3 Å². The number of H-pyrrole nitrogens is 1. The van der Waals surface area contributed by atoms with Crippen molar-refractivity contribution in [1.82, 2.24) is 9.55 Å². The summed E-state index contributed by atoms with van der Waals surface area (Å²) >= 11 is 0. The molecule has 0 unspecified atom stereocenters. The van der Waals surface area contributed by atoms with E-state index in [1.165, 1.54) is 0 Å². The molecule has 2 heterocycles. The molecule has 1 fully saturated rings. The van der Waals surface area contributed by atoms with E-state index in [1.807, 2.05) is 4.98 Å². The minimum absolute atomic E-state index is 0. The van der Waals surface area contributed by atoms with Crippen molar-refractivity contribution in [3.05, 3.63) is 33.1 Å². The zero-order chi connectivity index (χ0) is 15.8. The fourth-order valence-corrected chi connectivity index (χ4v) is 2.22. The first-order chi connectivity index (χ1) is 9.69. The molecule has 1 aliphatic rings. The van der Waals surface area contributed by atoms with Gasteiger partial charge >= 0.3 is 64.8 Å². The fraction of sp³-hybridized carbons (Fsp3) is 0.556. The van der Waals surface area contributed by atoms with Crippen LogP contribution in [-0.4, -0.2) is 83.0 Å². The van der Waals surface area contributed by atoms with Crippen LogP contribution in [0.5, 0.6) is 0 Å². The molecule has 174 valence electrons. The van der Waals surface area contributed by atoms with Crippen molar-refractivity contribution < 1.29 is 131 Å². The maximum absolute atomic E-state index is 11.6. The molecule has 2 rings (SSSR count). The average molecular weight is 494 g/mol. The number of rotatable bonds is 4. The van der Waals surface area contributed by atoms with Crippen molar-refractivity contribution in [1.29, 1.82) is 0 Å². The monoisotopic (exact) mass is 494 g/mol. The van der Waals surface area contributed by atoms with Gasteiger partial charge in [0.1, 0.15) is 18.3 Å². The largest absolute Gasteiger partial charge is 1.00 e. The molecule has 1 aromatic heterocycles. The number of aliphatic hydroxyl groups excluding tert-OH is 2. The van der Waals surface area contributed by atoms with Crippen LogP contribution in [0, 0.1) is 0 Å². The number of phosphoric acid groups is 1. The number of nitrogens with zero attached hydrogens (tertiary/aromatic N) is 1. The summed E-state index contributed by atoms with van der Waals surface area (Å²) in [7, 11) is -5.26. The third-order valence-corrected chi connectivity index (χ3v) is 3.32. The summed E-state index contributed by atoms with van der Waals surface area (Å²) < 4.78 is 20.3. The molecule has 4 atom stereocenters. The summed E-state index contributed by atoms with van der Waals surface area (Å²) in [5, 5.41) is 19.5. The number of aromatic amines is 1. The average Bonchev–Trinajstić information content (AvgIpc) is 2.64. The Hall–Kier alpha value is 0.390. The normalized spacial score (nSPS) is 20.8. The van der Waals surface area contributed by atoms with Crippen LogP contribution in [0.2, 0.25) is 0 Å². The van der Waals surface area contributed by atoms with Crippen LogP contribution >= 0.6 is 7.82 Å². The van der Waals surface area contributed by atoms with Gasteiger partial charge in [0.2, 0.25) is 0 Å². The topological polar surface area (TPSA) is 397 Å². The maximum atomic E-state index is 11.6. The molecule has 0 saturated carbocycles. The van der Waals surface area contributed by atoms with Crippen LogP contribution in [0.4, 0.5) is 0 Å². The van der Waals surface area contributed by atoms with Crippen molar-refractivity contribution in [2.75, 3.05) is 6.61 Å². The second-order valence-electron chi connectivity index (χ2n) is 4.31. The van der Waals surface area contributed by atoms with E-state index < -0.39 is 50.2 Å². The predicted molar refractivity (Wildman–Crippen MR) is 86.1 cm³/mol. The van der Waals surface area contributed by atoms with E-state index in [1.54, 1.807) is 0 Å². The van der Waals surface area contributed by atoms with Gasteiger partial charge in [-0.3, -0.25) is 14.3 Å². The van der Waals surface area contributed by atoms with Gasteiger partial charge in [0.15, 0.2) is 6.23 Å². The standard InChI is InChI=1S/C9H13N2O9P.2Na.7H2O/c12-5-1-2-11(9(15)10-5)8-7(14)6(13)4(20-8)3-19-21(16,17)18;;;;;;;;;/h1-2,4,6-8,13-14H,3H2,(H,10,12,15)(H2,16,17,18);;;7*1H2/q;2*+1;;;;;;;/p-2/t4-,6-,7-,8-;;;;;;;;;/m1........./s1. The summed E-state index contributed by atoms with van der Waals surface area (Å²) in [6.45, 7) is -0.808. The Balaban J connectivity index is -0.0000000896. The van der Waals surface area contributed by atoms with Gasteiger partial charge in [-0.25, -0.2) is 4.79 Å². The van der Waals surface area contributed by atoms with Gasteiger partial charge < -0.3 is 72.2 Å². The Kier molecular flexibility index (Phi) is 37.1. The molecule has 0 aliphatic carbocycles. The van der Waals surface area contributed by atoms with E-state index in [0.29, 0.717) is 0 Å². The molecular weight excluding hydrogens is 469 g/mol. The molecular formula is C9H25N2Na2O16P. The van der Waals surface area contributed by atoms with E-state index in [2.05, 4.69) is 4.52 Å². The molecule has 0 spiro atoms. The van der Waals surface area contributed by atoms with Crippen LogP contribution in [0.1, 0.15) is 6.23 Å². The van der Waals surface area contributed by atoms with Crippen molar-refractivity contribution in [3.63, 3.8) is 0 Å². The van der Waals surface area contributed by atoms with Gasteiger partial charge in [-0.2, -0.15) is 0 Å². The number of hydrogen-bond acceptors (Lipinski definition) is 9. The summed E-state index contributed by atoms with van der Waals surface area (Å²) in [6, 6.07) is 0.997. The maximum Gasteiger partial charge on any atom is 1.00 e. The van der Waals surface area contributed by atoms with E-state index in [-0.39, 0.29) is 97.4 Å². The van der Waals surface area contributed by atoms with Gasteiger partial charge in [-0.15, -0.1) is 0 Å². The Bertz CT molecular complexity index is 681. The molecule has 17 N–H and O–H groups in total. The molecule has 30 heavy (non-hydrogen) atoms. The van der Waals surface area contributed by atoms with Crippen molar-refractivity contribution in [2.24, 2.45) is 0 Å². The van der Waals surface area contributed by atoms with Crippen molar-refractivity contribution >= 4 is 7.82 Å². The predicted octanol–water partition coefficient (Wildman–Crippen LogP) is -15.8. The van der Waals surface area contributed by atoms with Crippen LogP contribution in [0.3, 0.4) is 0 Å². The summed E-state index contributed by atoms with van der Waals surface area (Å²) in [5.74, 6) is 0. The third kappa shape index (κ3) is 13.7. The third-order valence-electron chi connectivity index (χ3n) is 2.86. The van der Waals surface area contributed by atoms with E-state index in [0.717, 1.165) is 16.8 Å². The second-order valence-corrected chi connectivity index (χ2v) is 5.46. The zero-order valence-electron chi connectivity index (χ0n) is 15.8. The van der Waals surface area contributed by atoms with Gasteiger partial charge in [0.25, 0.3) is 5.56 Å². The van der Waals surface area contributed by atoms with Crippen LogP contribution in [-0.2, 0) is 13.8 Å². The quantitative estimate of drug-likeness (QED) is 0.264. The van der Waals surface area contributed by atoms with Gasteiger partial charge in [-0.05, 0) is 0 Å². The van der Waals surface area contributed by atoms with Gasteiger partial charge in [0.05, 0.1) is 14.4 Å². The Morgan fingerprint density at radius 2 is 1.50 bits per heavy atom. The number of aromatic nitrogens is 2. The van der Waals surface area contributed by atoms with Crippen LogP contribution in [0.25, 0.3) is 0 Å². The molecule has 1 aliphatic heterocycles. The molecule has 0 amide bonds. The minimum Gasteiger partial charge on any atom is -0.790 e. The summed E-state index contributed by atoms with van der Waals surface area (Å²) in [6.07, 6.45) is -4.83. The van der Waals surface area contributed by atoms with E-state index in [9.17, 15) is 34.2 Å². The molecule has 0 bridgehead atoms. The van der Waals surface area contributed by atoms with Crippen molar-refractivity contribution in [2.45, 2.75) is 24.5 Å². The van der Waals surface area contributed by atoms with E-state index >= 15 is 0 Å². The number of phosphoric ester groups is 1. The first-order valence-electron chi connectivity index (χ1n) is 5.69. The molecule has 0 aromatic carbocycles. The Morgan fingerprint density at radius 3 is 1.90 bits per heavy atom. The smallest absolute Gasteiger partial charge is 0.790 e. The second kappa shape index (κ2) is 21.2. The Labute approximate surface area is 211 Å². The van der Waals surface area contributed by atoms with Crippen molar-refractivity contribution in [3.8, 4) is 0 Å². The molecule has 1 aromatic rings. The van der Waals surface area contributed by atoms with E-state index in [4.69, 9.17) is 4.74 Å². The van der Waals surface area contributed by atoms with Crippen LogP contribution < -0.4 is 80.2 Å². The summed E-state index contributed by atoms with van der Waals surface area (Å²) in [4.78, 5) is 45.2. The molecule has 1 saturated heterocycles. The number of nitrogens with one attached hydrogen (secondary N) is 1. The van der Waals surface area contributed by atoms with Crippen LogP contribution in [0.15, 0.2) is 21.9 Å². The molecule has 21 heteroatoms.